The van der Waals surface area contributed by atoms with E-state index < -0.39 is 0 Å². The van der Waals surface area contributed by atoms with E-state index in [9.17, 15) is 0 Å². The summed E-state index contributed by atoms with van der Waals surface area (Å²) in [5, 5.41) is 11.9. The number of nitrogens with zero attached hydrogens (tertiary/aromatic N) is 3. The van der Waals surface area contributed by atoms with Gasteiger partial charge in [-0.1, -0.05) is 40.1 Å². The number of oxime groups is 1. The normalized spacial score (nSPS) is 11.0. The Bertz CT molecular complexity index is 322. The summed E-state index contributed by atoms with van der Waals surface area (Å²) in [5.41, 5.74) is 0.309. The minimum absolute atomic E-state index is 0.169. The highest BCUT2D eigenvalue weighted by molar-refractivity contribution is 7.98. The van der Waals surface area contributed by atoms with Gasteiger partial charge < -0.3 is 5.21 Å². The monoisotopic (exact) mass is 237 g/mol. The van der Waals surface area contributed by atoms with Crippen LogP contribution in [0, 0.1) is 0 Å². The lowest BCUT2D eigenvalue weighted by atomic mass is 10.4. The third-order valence-electron chi connectivity index (χ3n) is 1.20. The van der Waals surface area contributed by atoms with E-state index in [0.29, 0.717) is 10.7 Å². The van der Waals surface area contributed by atoms with Gasteiger partial charge in [-0.05, 0) is 6.26 Å². The summed E-state index contributed by atoms with van der Waals surface area (Å²) >= 11 is 12.8. The second kappa shape index (κ2) is 4.64. The predicted octanol–water partition coefficient (Wildman–Crippen LogP) is 2.31. The maximum atomic E-state index is 8.29. The van der Waals surface area contributed by atoms with Crippen LogP contribution in [0.2, 0.25) is 10.3 Å². The average molecular weight is 238 g/mol. The zero-order chi connectivity index (χ0) is 9.84. The van der Waals surface area contributed by atoms with Gasteiger partial charge in [0, 0.05) is 0 Å². The van der Waals surface area contributed by atoms with E-state index in [1.165, 1.54) is 11.8 Å². The third kappa shape index (κ3) is 2.46. The molecule has 0 aliphatic heterocycles. The minimum atomic E-state index is 0.169. The summed E-state index contributed by atoms with van der Waals surface area (Å²) in [7, 11) is 0. The number of halogens is 2. The maximum Gasteiger partial charge on any atom is 0.190 e. The van der Waals surface area contributed by atoms with E-state index >= 15 is 0 Å². The van der Waals surface area contributed by atoms with Crippen LogP contribution in [0.1, 0.15) is 5.56 Å². The van der Waals surface area contributed by atoms with Crippen LogP contribution in [0.4, 0.5) is 0 Å². The minimum Gasteiger partial charge on any atom is -0.411 e. The summed E-state index contributed by atoms with van der Waals surface area (Å²) in [4.78, 5) is 7.80. The molecule has 1 aromatic rings. The molecule has 0 fully saturated rings. The topological polar surface area (TPSA) is 58.4 Å². The molecule has 0 spiro atoms. The summed E-state index contributed by atoms with van der Waals surface area (Å²) in [6.45, 7) is 0. The fourth-order valence-electron chi connectivity index (χ4n) is 0.654. The van der Waals surface area contributed by atoms with Crippen molar-refractivity contribution < 1.29 is 5.21 Å². The molecule has 0 saturated heterocycles. The molecule has 1 aromatic heterocycles. The van der Waals surface area contributed by atoms with Crippen molar-refractivity contribution in [2.24, 2.45) is 5.16 Å². The summed E-state index contributed by atoms with van der Waals surface area (Å²) in [5.74, 6) is 0. The lowest BCUT2D eigenvalue weighted by Crippen LogP contribution is -1.95. The molecule has 0 saturated carbocycles. The first-order chi connectivity index (χ1) is 6.19. The molecule has 1 N–H and O–H groups in total. The smallest absolute Gasteiger partial charge is 0.190 e. The molecule has 0 bridgehead atoms. The molecule has 1 rings (SSSR count). The number of thioether (sulfide) groups is 1. The van der Waals surface area contributed by atoms with E-state index in [-0.39, 0.29) is 10.3 Å². The van der Waals surface area contributed by atoms with Crippen molar-refractivity contribution in [2.45, 2.75) is 5.16 Å². The largest absolute Gasteiger partial charge is 0.411 e. The van der Waals surface area contributed by atoms with E-state index in [0.717, 1.165) is 6.21 Å². The standard InChI is InChI=1S/C6H5Cl2N3OS/c1-13-6-10-4(7)3(2-9-12)5(8)11-6/h2,12H,1H3/b9-2+. The zero-order valence-corrected chi connectivity index (χ0v) is 8.86. The van der Waals surface area contributed by atoms with Crippen molar-refractivity contribution in [2.75, 3.05) is 6.26 Å². The van der Waals surface area contributed by atoms with Crippen molar-refractivity contribution in [1.82, 2.24) is 9.97 Å². The second-order valence-electron chi connectivity index (χ2n) is 1.95. The van der Waals surface area contributed by atoms with Gasteiger partial charge in [0.2, 0.25) is 0 Å². The fourth-order valence-corrected chi connectivity index (χ4v) is 1.60. The van der Waals surface area contributed by atoms with Crippen molar-refractivity contribution in [3.63, 3.8) is 0 Å². The molecule has 0 aliphatic rings. The zero-order valence-electron chi connectivity index (χ0n) is 6.53. The molecule has 13 heavy (non-hydrogen) atoms. The van der Waals surface area contributed by atoms with Gasteiger partial charge >= 0.3 is 0 Å². The average Bonchev–Trinajstić information content (AvgIpc) is 2.11. The fraction of sp³-hybridized carbons (Fsp3) is 0.167. The van der Waals surface area contributed by atoms with Crippen LogP contribution in [0.25, 0.3) is 0 Å². The van der Waals surface area contributed by atoms with E-state index in [1.807, 2.05) is 6.26 Å². The van der Waals surface area contributed by atoms with Crippen LogP contribution in [0.3, 0.4) is 0 Å². The van der Waals surface area contributed by atoms with Crippen molar-refractivity contribution in [3.05, 3.63) is 15.9 Å². The highest BCUT2D eigenvalue weighted by Crippen LogP contribution is 2.22. The van der Waals surface area contributed by atoms with Gasteiger partial charge in [-0.3, -0.25) is 0 Å². The van der Waals surface area contributed by atoms with Crippen molar-refractivity contribution in [3.8, 4) is 0 Å². The summed E-state index contributed by atoms with van der Waals surface area (Å²) in [6, 6.07) is 0. The van der Waals surface area contributed by atoms with Crippen molar-refractivity contribution >= 4 is 41.2 Å². The Hall–Kier alpha value is -0.520. The van der Waals surface area contributed by atoms with Gasteiger partial charge in [0.25, 0.3) is 0 Å². The van der Waals surface area contributed by atoms with Gasteiger partial charge in [0.15, 0.2) is 5.16 Å². The van der Waals surface area contributed by atoms with Crippen LogP contribution in [0.5, 0.6) is 0 Å². The van der Waals surface area contributed by atoms with Crippen LogP contribution in [0.15, 0.2) is 10.3 Å². The molecule has 70 valence electrons. The summed E-state index contributed by atoms with van der Waals surface area (Å²) < 4.78 is 0. The van der Waals surface area contributed by atoms with E-state index in [1.54, 1.807) is 0 Å². The van der Waals surface area contributed by atoms with Crippen LogP contribution < -0.4 is 0 Å². The predicted molar refractivity (Wildman–Crippen MR) is 53.2 cm³/mol. The first-order valence-corrected chi connectivity index (χ1v) is 5.11. The Morgan fingerprint density at radius 3 is 2.31 bits per heavy atom. The SMILES string of the molecule is CSc1nc(Cl)c(/C=N/O)c(Cl)n1. The van der Waals surface area contributed by atoms with Gasteiger partial charge in [-0.2, -0.15) is 0 Å². The third-order valence-corrected chi connectivity index (χ3v) is 2.33. The molecule has 0 aliphatic carbocycles. The number of aromatic nitrogens is 2. The van der Waals surface area contributed by atoms with Gasteiger partial charge in [0.1, 0.15) is 10.3 Å². The second-order valence-corrected chi connectivity index (χ2v) is 3.44. The van der Waals surface area contributed by atoms with E-state index in [4.69, 9.17) is 28.4 Å². The van der Waals surface area contributed by atoms with Crippen LogP contribution in [-0.2, 0) is 0 Å². The number of hydrogen-bond acceptors (Lipinski definition) is 5. The molecule has 0 atom stereocenters. The first-order valence-electron chi connectivity index (χ1n) is 3.13. The first kappa shape index (κ1) is 10.6. The Morgan fingerprint density at radius 1 is 1.38 bits per heavy atom. The van der Waals surface area contributed by atoms with E-state index in [2.05, 4.69) is 15.1 Å². The quantitative estimate of drug-likeness (QED) is 0.214. The lowest BCUT2D eigenvalue weighted by molar-refractivity contribution is 0.322. The Balaban J connectivity index is 3.22. The lowest BCUT2D eigenvalue weighted by Gasteiger charge is -2.00. The molecular formula is C6H5Cl2N3OS. The Kier molecular flexibility index (Phi) is 3.77. The molecule has 0 unspecified atom stereocenters. The van der Waals surface area contributed by atoms with Crippen molar-refractivity contribution in [1.29, 1.82) is 0 Å². The van der Waals surface area contributed by atoms with Gasteiger partial charge in [0.05, 0.1) is 11.8 Å². The molecule has 4 nitrogen and oxygen atoms in total. The Labute approximate surface area is 89.0 Å². The van der Waals surface area contributed by atoms with Gasteiger partial charge in [-0.15, -0.1) is 0 Å². The highest BCUT2D eigenvalue weighted by Gasteiger charge is 2.08. The van der Waals surface area contributed by atoms with Crippen LogP contribution >= 0.6 is 35.0 Å². The molecular weight excluding hydrogens is 233 g/mol. The molecule has 0 aromatic carbocycles. The molecule has 1 heterocycles. The Morgan fingerprint density at radius 2 is 1.92 bits per heavy atom. The molecule has 7 heteroatoms. The number of hydrogen-bond donors (Lipinski definition) is 1. The number of rotatable bonds is 2. The maximum absolute atomic E-state index is 8.29. The van der Waals surface area contributed by atoms with Crippen LogP contribution in [-0.4, -0.2) is 27.6 Å². The highest BCUT2D eigenvalue weighted by atomic mass is 35.5. The molecule has 0 amide bonds. The molecule has 0 radical (unpaired) electrons. The summed E-state index contributed by atoms with van der Waals surface area (Å²) in [6.07, 6.45) is 2.90. The van der Waals surface area contributed by atoms with Gasteiger partial charge in [-0.25, -0.2) is 9.97 Å².